The fourth-order valence-electron chi connectivity index (χ4n) is 2.22. The molecule has 0 aliphatic carbocycles. The Hall–Kier alpha value is -2.36. The van der Waals surface area contributed by atoms with Crippen molar-refractivity contribution in [2.75, 3.05) is 11.5 Å². The average Bonchev–Trinajstić information content (AvgIpc) is 2.39. The zero-order chi connectivity index (χ0) is 14.0. The van der Waals surface area contributed by atoms with E-state index in [0.717, 1.165) is 17.5 Å². The maximum absolute atomic E-state index is 9.70. The van der Waals surface area contributed by atoms with Gasteiger partial charge >= 0.3 is 0 Å². The fraction of sp³-hybridized carbons (Fsp3) is 0.200. The van der Waals surface area contributed by atoms with Gasteiger partial charge in [0.2, 0.25) is 0 Å². The minimum absolute atomic E-state index is 0.0793. The number of aromatic hydroxyl groups is 2. The zero-order valence-electron chi connectivity index (χ0n) is 10.8. The molecule has 0 spiro atoms. The molecule has 0 unspecified atom stereocenters. The van der Waals surface area contributed by atoms with E-state index >= 15 is 0 Å². The molecule has 0 saturated carbocycles. The van der Waals surface area contributed by atoms with Crippen LogP contribution in [0.25, 0.3) is 0 Å². The fourth-order valence-corrected chi connectivity index (χ4v) is 2.22. The first kappa shape index (κ1) is 13.1. The quantitative estimate of drug-likeness (QED) is 0.503. The average molecular weight is 258 g/mol. The van der Waals surface area contributed by atoms with Crippen molar-refractivity contribution in [2.24, 2.45) is 0 Å². The Balaban J connectivity index is 2.43. The lowest BCUT2D eigenvalue weighted by molar-refractivity contribution is 0.475. The highest BCUT2D eigenvalue weighted by molar-refractivity contribution is 5.57. The molecule has 4 heteroatoms. The van der Waals surface area contributed by atoms with Crippen LogP contribution >= 0.6 is 0 Å². The van der Waals surface area contributed by atoms with Crippen LogP contribution in [0, 0.1) is 0 Å². The van der Waals surface area contributed by atoms with Gasteiger partial charge in [-0.15, -0.1) is 0 Å². The summed E-state index contributed by atoms with van der Waals surface area (Å²) in [6.07, 6.45) is 0.840. The first-order valence-corrected chi connectivity index (χ1v) is 6.19. The molecule has 19 heavy (non-hydrogen) atoms. The third kappa shape index (κ3) is 2.57. The predicted octanol–water partition coefficient (Wildman–Crippen LogP) is 2.80. The van der Waals surface area contributed by atoms with Crippen molar-refractivity contribution < 1.29 is 10.2 Å². The summed E-state index contributed by atoms with van der Waals surface area (Å²) < 4.78 is 0. The number of phenolic OH excluding ortho intramolecular Hbond substituents is 2. The summed E-state index contributed by atoms with van der Waals surface area (Å²) in [6, 6.07) is 10.5. The highest BCUT2D eigenvalue weighted by Crippen LogP contribution is 2.34. The molecule has 4 nitrogen and oxygen atoms in total. The van der Waals surface area contributed by atoms with Crippen LogP contribution in [0.5, 0.6) is 11.5 Å². The molecule has 2 rings (SSSR count). The van der Waals surface area contributed by atoms with Crippen molar-refractivity contribution in [3.8, 4) is 11.5 Å². The number of benzene rings is 2. The summed E-state index contributed by atoms with van der Waals surface area (Å²) in [7, 11) is 0. The Labute approximate surface area is 112 Å². The second kappa shape index (κ2) is 5.10. The Morgan fingerprint density at radius 3 is 1.63 bits per heavy atom. The van der Waals surface area contributed by atoms with Crippen molar-refractivity contribution in [3.63, 3.8) is 0 Å². The van der Waals surface area contributed by atoms with Crippen LogP contribution in [-0.4, -0.2) is 10.2 Å². The van der Waals surface area contributed by atoms with Gasteiger partial charge in [0.1, 0.15) is 11.5 Å². The first-order chi connectivity index (χ1) is 9.02. The zero-order valence-corrected chi connectivity index (χ0v) is 10.8. The van der Waals surface area contributed by atoms with Crippen LogP contribution < -0.4 is 11.5 Å². The van der Waals surface area contributed by atoms with Gasteiger partial charge in [0.15, 0.2) is 0 Å². The van der Waals surface area contributed by atoms with E-state index in [1.165, 1.54) is 0 Å². The molecule has 0 atom stereocenters. The van der Waals surface area contributed by atoms with Gasteiger partial charge in [-0.2, -0.15) is 0 Å². The van der Waals surface area contributed by atoms with Crippen molar-refractivity contribution in [3.05, 3.63) is 47.5 Å². The number of hydrogen-bond donors (Lipinski definition) is 4. The van der Waals surface area contributed by atoms with Crippen molar-refractivity contribution >= 4 is 11.4 Å². The summed E-state index contributed by atoms with van der Waals surface area (Å²) in [5.74, 6) is 0.240. The molecular weight excluding hydrogens is 240 g/mol. The van der Waals surface area contributed by atoms with Gasteiger partial charge in [-0.25, -0.2) is 0 Å². The van der Waals surface area contributed by atoms with Gasteiger partial charge in [0.05, 0.1) is 11.4 Å². The molecule has 0 heterocycles. The summed E-state index contributed by atoms with van der Waals surface area (Å²) in [6.45, 7) is 2.05. The van der Waals surface area contributed by atoms with Crippen LogP contribution in [0.4, 0.5) is 11.4 Å². The SMILES string of the molecule is CCC(c1ccc(N)c(O)c1)c1ccc(N)c(O)c1. The standard InChI is InChI=1S/C15H18N2O2/c1-2-11(9-3-5-12(16)14(18)7-9)10-4-6-13(17)15(19)8-10/h3-8,11,18-19H,2,16-17H2,1H3. The lowest BCUT2D eigenvalue weighted by atomic mass is 9.88. The Bertz CT molecular complexity index is 545. The van der Waals surface area contributed by atoms with E-state index in [4.69, 9.17) is 11.5 Å². The number of nitrogens with two attached hydrogens (primary N) is 2. The number of hydrogen-bond acceptors (Lipinski definition) is 4. The molecule has 0 fully saturated rings. The van der Waals surface area contributed by atoms with Gasteiger partial charge in [0, 0.05) is 5.92 Å². The van der Waals surface area contributed by atoms with Crippen molar-refractivity contribution in [1.82, 2.24) is 0 Å². The minimum Gasteiger partial charge on any atom is -0.506 e. The smallest absolute Gasteiger partial charge is 0.138 e. The summed E-state index contributed by atoms with van der Waals surface area (Å²) in [5.41, 5.74) is 13.8. The van der Waals surface area contributed by atoms with E-state index in [0.29, 0.717) is 11.4 Å². The van der Waals surface area contributed by atoms with Gasteiger partial charge in [-0.1, -0.05) is 19.1 Å². The largest absolute Gasteiger partial charge is 0.506 e. The van der Waals surface area contributed by atoms with Crippen LogP contribution in [0.15, 0.2) is 36.4 Å². The Kier molecular flexibility index (Phi) is 3.51. The second-order valence-electron chi connectivity index (χ2n) is 4.60. The van der Waals surface area contributed by atoms with E-state index in [2.05, 4.69) is 0 Å². The van der Waals surface area contributed by atoms with Crippen molar-refractivity contribution in [2.45, 2.75) is 19.3 Å². The number of nitrogen functional groups attached to an aromatic ring is 2. The maximum Gasteiger partial charge on any atom is 0.138 e. The van der Waals surface area contributed by atoms with E-state index < -0.39 is 0 Å². The third-order valence-corrected chi connectivity index (χ3v) is 3.32. The second-order valence-corrected chi connectivity index (χ2v) is 4.60. The molecule has 0 saturated heterocycles. The molecule has 0 amide bonds. The van der Waals surface area contributed by atoms with E-state index in [1.54, 1.807) is 24.3 Å². The molecule has 2 aromatic rings. The molecule has 0 aliphatic heterocycles. The third-order valence-electron chi connectivity index (χ3n) is 3.32. The lowest BCUT2D eigenvalue weighted by Crippen LogP contribution is -2.01. The van der Waals surface area contributed by atoms with Crippen LogP contribution in [0.2, 0.25) is 0 Å². The van der Waals surface area contributed by atoms with Crippen LogP contribution in [0.1, 0.15) is 30.4 Å². The van der Waals surface area contributed by atoms with Gasteiger partial charge in [0.25, 0.3) is 0 Å². The van der Waals surface area contributed by atoms with Gasteiger partial charge in [-0.3, -0.25) is 0 Å². The summed E-state index contributed by atoms with van der Waals surface area (Å²) in [4.78, 5) is 0. The van der Waals surface area contributed by atoms with Crippen LogP contribution in [-0.2, 0) is 0 Å². The first-order valence-electron chi connectivity index (χ1n) is 6.19. The molecule has 2 aromatic carbocycles. The highest BCUT2D eigenvalue weighted by Gasteiger charge is 2.14. The molecule has 0 radical (unpaired) electrons. The number of rotatable bonds is 3. The van der Waals surface area contributed by atoms with Gasteiger partial charge < -0.3 is 21.7 Å². The lowest BCUT2D eigenvalue weighted by Gasteiger charge is -2.17. The predicted molar refractivity (Wildman–Crippen MR) is 77.2 cm³/mol. The normalized spacial score (nSPS) is 10.8. The monoisotopic (exact) mass is 258 g/mol. The van der Waals surface area contributed by atoms with E-state index in [9.17, 15) is 10.2 Å². The molecule has 100 valence electrons. The maximum atomic E-state index is 9.70. The number of anilines is 2. The van der Waals surface area contributed by atoms with E-state index in [1.807, 2.05) is 19.1 Å². The minimum atomic E-state index is 0.0793. The van der Waals surface area contributed by atoms with E-state index in [-0.39, 0.29) is 17.4 Å². The van der Waals surface area contributed by atoms with Gasteiger partial charge in [-0.05, 0) is 41.8 Å². The molecule has 0 aliphatic rings. The number of phenols is 2. The highest BCUT2D eigenvalue weighted by atomic mass is 16.3. The molecular formula is C15H18N2O2. The van der Waals surface area contributed by atoms with Crippen molar-refractivity contribution in [1.29, 1.82) is 0 Å². The molecule has 0 bridgehead atoms. The van der Waals surface area contributed by atoms with Crippen LogP contribution in [0.3, 0.4) is 0 Å². The molecule has 0 aromatic heterocycles. The topological polar surface area (TPSA) is 92.5 Å². The summed E-state index contributed by atoms with van der Waals surface area (Å²) >= 11 is 0. The Morgan fingerprint density at radius 1 is 0.895 bits per heavy atom. The summed E-state index contributed by atoms with van der Waals surface area (Å²) in [5, 5.41) is 19.4. The molecule has 6 N–H and O–H groups in total. The Morgan fingerprint density at radius 2 is 1.32 bits per heavy atom.